The highest BCUT2D eigenvalue weighted by molar-refractivity contribution is 5.81. The van der Waals surface area contributed by atoms with Crippen LogP contribution in [-0.2, 0) is 5.92 Å². The van der Waals surface area contributed by atoms with Gasteiger partial charge in [-0.3, -0.25) is 0 Å². The van der Waals surface area contributed by atoms with E-state index in [1.165, 1.54) is 0 Å². The summed E-state index contributed by atoms with van der Waals surface area (Å²) in [6, 6.07) is 3.01. The first-order chi connectivity index (χ1) is 9.54. The molecule has 0 aliphatic rings. The van der Waals surface area contributed by atoms with Gasteiger partial charge in [-0.1, -0.05) is 13.8 Å². The molecule has 0 amide bonds. The van der Waals surface area contributed by atoms with Gasteiger partial charge in [0.05, 0.1) is 0 Å². The van der Waals surface area contributed by atoms with E-state index in [9.17, 15) is 22.0 Å². The van der Waals surface area contributed by atoms with Gasteiger partial charge in [0.2, 0.25) is 0 Å². The fourth-order valence-corrected chi connectivity index (χ4v) is 1.85. The number of rotatable bonds is 2. The Labute approximate surface area is 117 Å². The van der Waals surface area contributed by atoms with Gasteiger partial charge in [-0.05, 0) is 24.1 Å². The lowest BCUT2D eigenvalue weighted by Gasteiger charge is -2.22. The summed E-state index contributed by atoms with van der Waals surface area (Å²) >= 11 is 0. The molecule has 0 aromatic carbocycles. The number of anilines is 1. The zero-order valence-corrected chi connectivity index (χ0v) is 11.2. The van der Waals surface area contributed by atoms with Crippen molar-refractivity contribution >= 4 is 16.9 Å². The van der Waals surface area contributed by atoms with Crippen LogP contribution in [0.1, 0.15) is 31.0 Å². The zero-order chi connectivity index (χ0) is 16.0. The zero-order valence-electron chi connectivity index (χ0n) is 11.2. The SMILES string of the molecule is CC(C)c1cc(C(F)(F)C(F)(F)F)c2ccc(N)nc2n1. The number of halogens is 5. The lowest BCUT2D eigenvalue weighted by molar-refractivity contribution is -0.288. The summed E-state index contributed by atoms with van der Waals surface area (Å²) in [6.45, 7) is 3.27. The van der Waals surface area contributed by atoms with Crippen LogP contribution >= 0.6 is 0 Å². The maximum atomic E-state index is 13.7. The molecule has 8 heteroatoms. The lowest BCUT2D eigenvalue weighted by Crippen LogP contribution is -2.34. The van der Waals surface area contributed by atoms with Crippen molar-refractivity contribution in [2.45, 2.75) is 31.9 Å². The molecule has 2 heterocycles. The molecule has 2 rings (SSSR count). The van der Waals surface area contributed by atoms with Crippen molar-refractivity contribution in [2.24, 2.45) is 0 Å². The second-order valence-corrected chi connectivity index (χ2v) is 4.93. The van der Waals surface area contributed by atoms with Crippen LogP contribution in [-0.4, -0.2) is 16.1 Å². The number of nitrogen functional groups attached to an aromatic ring is 1. The second-order valence-electron chi connectivity index (χ2n) is 4.93. The highest BCUT2D eigenvalue weighted by atomic mass is 19.4. The minimum absolute atomic E-state index is 0.00261. The number of hydrogen-bond donors (Lipinski definition) is 1. The molecule has 3 nitrogen and oxygen atoms in total. The lowest BCUT2D eigenvalue weighted by atomic mass is 10.00. The van der Waals surface area contributed by atoms with Crippen molar-refractivity contribution in [2.75, 3.05) is 5.73 Å². The molecule has 0 aliphatic heterocycles. The first-order valence-electron chi connectivity index (χ1n) is 6.06. The van der Waals surface area contributed by atoms with E-state index in [1.54, 1.807) is 13.8 Å². The van der Waals surface area contributed by atoms with Gasteiger partial charge in [0.15, 0.2) is 5.65 Å². The molecule has 0 radical (unpaired) electrons. The van der Waals surface area contributed by atoms with Gasteiger partial charge in [-0.2, -0.15) is 22.0 Å². The quantitative estimate of drug-likeness (QED) is 0.854. The van der Waals surface area contributed by atoms with Crippen LogP contribution in [0, 0.1) is 0 Å². The van der Waals surface area contributed by atoms with Crippen molar-refractivity contribution < 1.29 is 22.0 Å². The van der Waals surface area contributed by atoms with Gasteiger partial charge in [-0.25, -0.2) is 9.97 Å². The average molecular weight is 305 g/mol. The third kappa shape index (κ3) is 2.62. The molecule has 0 unspecified atom stereocenters. The van der Waals surface area contributed by atoms with E-state index in [-0.39, 0.29) is 28.5 Å². The molecular weight excluding hydrogens is 293 g/mol. The Morgan fingerprint density at radius 3 is 2.19 bits per heavy atom. The summed E-state index contributed by atoms with van der Waals surface area (Å²) in [5, 5.41) is -0.365. The minimum atomic E-state index is -5.70. The molecule has 0 bridgehead atoms. The minimum Gasteiger partial charge on any atom is -0.384 e. The van der Waals surface area contributed by atoms with Crippen LogP contribution in [0.5, 0.6) is 0 Å². The molecule has 0 fully saturated rings. The molecule has 0 saturated carbocycles. The number of nitrogens with two attached hydrogens (primary N) is 1. The van der Waals surface area contributed by atoms with E-state index in [1.807, 2.05) is 0 Å². The fourth-order valence-electron chi connectivity index (χ4n) is 1.85. The molecule has 0 saturated heterocycles. The summed E-state index contributed by atoms with van der Waals surface area (Å²) in [4.78, 5) is 7.74. The summed E-state index contributed by atoms with van der Waals surface area (Å²) in [5.74, 6) is -5.33. The van der Waals surface area contributed by atoms with Crippen LogP contribution in [0.25, 0.3) is 11.0 Å². The van der Waals surface area contributed by atoms with Gasteiger partial charge in [-0.15, -0.1) is 0 Å². The van der Waals surface area contributed by atoms with Gasteiger partial charge in [0.1, 0.15) is 5.82 Å². The molecule has 0 spiro atoms. The number of hydrogen-bond acceptors (Lipinski definition) is 3. The summed E-state index contributed by atoms with van der Waals surface area (Å²) in [7, 11) is 0. The van der Waals surface area contributed by atoms with Crippen LogP contribution in [0.3, 0.4) is 0 Å². The van der Waals surface area contributed by atoms with Crippen molar-refractivity contribution in [1.82, 2.24) is 9.97 Å². The summed E-state index contributed by atoms with van der Waals surface area (Å²) in [6.07, 6.45) is -5.70. The van der Waals surface area contributed by atoms with Crippen LogP contribution < -0.4 is 5.73 Å². The van der Waals surface area contributed by atoms with Crippen molar-refractivity contribution in [3.63, 3.8) is 0 Å². The largest absolute Gasteiger partial charge is 0.458 e. The maximum absolute atomic E-state index is 13.7. The van der Waals surface area contributed by atoms with Crippen LogP contribution in [0.2, 0.25) is 0 Å². The van der Waals surface area contributed by atoms with Gasteiger partial charge in [0.25, 0.3) is 0 Å². The van der Waals surface area contributed by atoms with E-state index in [0.717, 1.165) is 18.2 Å². The summed E-state index contributed by atoms with van der Waals surface area (Å²) in [5.41, 5.74) is 4.15. The molecule has 114 valence electrons. The van der Waals surface area contributed by atoms with Gasteiger partial charge in [0, 0.05) is 16.6 Å². The van der Waals surface area contributed by atoms with Gasteiger partial charge >= 0.3 is 12.1 Å². The average Bonchev–Trinajstić information content (AvgIpc) is 2.35. The molecule has 21 heavy (non-hydrogen) atoms. The topological polar surface area (TPSA) is 51.8 Å². The predicted octanol–water partition coefficient (Wildman–Crippen LogP) is 3.99. The fraction of sp³-hybridized carbons (Fsp3) is 0.385. The molecule has 2 N–H and O–H groups in total. The van der Waals surface area contributed by atoms with Gasteiger partial charge < -0.3 is 5.73 Å². The second kappa shape index (κ2) is 4.78. The molecule has 0 atom stereocenters. The van der Waals surface area contributed by atoms with E-state index < -0.39 is 17.7 Å². The number of alkyl halides is 5. The van der Waals surface area contributed by atoms with Crippen molar-refractivity contribution in [3.05, 3.63) is 29.5 Å². The third-order valence-electron chi connectivity index (χ3n) is 3.00. The van der Waals surface area contributed by atoms with Crippen molar-refractivity contribution in [3.8, 4) is 0 Å². The smallest absolute Gasteiger partial charge is 0.384 e. The van der Waals surface area contributed by atoms with Crippen LogP contribution in [0.15, 0.2) is 18.2 Å². The van der Waals surface area contributed by atoms with E-state index in [0.29, 0.717) is 0 Å². The standard InChI is InChI=1S/C13H12F5N3/c1-6(2)9-5-8(12(14,15)13(16,17)18)7-3-4-10(19)21-11(7)20-9/h3-6H,1-2H3,(H2,19,20,21). The first-order valence-corrected chi connectivity index (χ1v) is 6.06. The summed E-state index contributed by atoms with van der Waals surface area (Å²) < 4.78 is 65.4. The third-order valence-corrected chi connectivity index (χ3v) is 3.00. The first kappa shape index (κ1) is 15.4. The molecular formula is C13H12F5N3. The van der Waals surface area contributed by atoms with Crippen LogP contribution in [0.4, 0.5) is 27.8 Å². The Hall–Kier alpha value is -1.99. The Balaban J connectivity index is 2.83. The number of pyridine rings is 2. The molecule has 0 aliphatic carbocycles. The van der Waals surface area contributed by atoms with E-state index in [4.69, 9.17) is 5.73 Å². The van der Waals surface area contributed by atoms with E-state index >= 15 is 0 Å². The Morgan fingerprint density at radius 1 is 1.05 bits per heavy atom. The Kier molecular flexibility index (Phi) is 3.51. The van der Waals surface area contributed by atoms with Crippen molar-refractivity contribution in [1.29, 1.82) is 0 Å². The predicted molar refractivity (Wildman–Crippen MR) is 68.0 cm³/mol. The molecule has 2 aromatic rings. The highest BCUT2D eigenvalue weighted by Gasteiger charge is 2.59. The Morgan fingerprint density at radius 2 is 1.67 bits per heavy atom. The number of nitrogens with zero attached hydrogens (tertiary/aromatic N) is 2. The normalized spacial score (nSPS) is 13.1. The number of aromatic nitrogens is 2. The highest BCUT2D eigenvalue weighted by Crippen LogP contribution is 2.46. The Bertz CT molecular complexity index is 679. The maximum Gasteiger partial charge on any atom is 0.458 e. The monoisotopic (exact) mass is 305 g/mol. The molecule has 2 aromatic heterocycles. The van der Waals surface area contributed by atoms with E-state index in [2.05, 4.69) is 9.97 Å². The number of fused-ring (bicyclic) bond motifs is 1.